The van der Waals surface area contributed by atoms with Gasteiger partial charge in [0.05, 0.1) is 13.2 Å². The van der Waals surface area contributed by atoms with Crippen LogP contribution in [0.2, 0.25) is 58.4 Å². The molecule has 0 heterocycles. The zero-order valence-corrected chi connectivity index (χ0v) is 23.9. The van der Waals surface area contributed by atoms with Gasteiger partial charge in [0.15, 0.2) is 27.8 Å². The molecule has 1 atom stereocenters. The Balaban J connectivity index is 4.61. The molecule has 13 heteroatoms. The molecule has 0 spiro atoms. The number of hydrogen-bond acceptors (Lipinski definition) is 7. The molecule has 0 fully saturated rings. The SMILES string of the molecule is C[SiH]O[Si](C)(C)O[Si@@](C)(O[SiH]C)O[Si](C)O[Si](C)(C)CCCOCCO. The number of aliphatic hydroxyl groups is 1. The average molecular weight is 474 g/mol. The van der Waals surface area contributed by atoms with Gasteiger partial charge in [0.2, 0.25) is 0 Å². The summed E-state index contributed by atoms with van der Waals surface area (Å²) in [5, 5.41) is 8.73. The third kappa shape index (κ3) is 13.2. The lowest BCUT2D eigenvalue weighted by Gasteiger charge is -2.36. The zero-order valence-electron chi connectivity index (χ0n) is 17.6. The Kier molecular flexibility index (Phi) is 13.8. The van der Waals surface area contributed by atoms with Crippen LogP contribution in [0.15, 0.2) is 0 Å². The molecule has 0 rings (SSSR count). The van der Waals surface area contributed by atoms with Crippen molar-refractivity contribution in [3.05, 3.63) is 0 Å². The van der Waals surface area contributed by atoms with Crippen LogP contribution in [0.4, 0.5) is 0 Å². The van der Waals surface area contributed by atoms with E-state index >= 15 is 0 Å². The molecular weight excluding hydrogens is 437 g/mol. The highest BCUT2D eigenvalue weighted by atomic mass is 28.5. The van der Waals surface area contributed by atoms with Crippen molar-refractivity contribution in [3.63, 3.8) is 0 Å². The molecule has 0 saturated heterocycles. The fourth-order valence-electron chi connectivity index (χ4n) is 2.53. The van der Waals surface area contributed by atoms with Crippen molar-refractivity contribution in [2.45, 2.75) is 64.8 Å². The molecule has 0 saturated carbocycles. The summed E-state index contributed by atoms with van der Waals surface area (Å²) in [4.78, 5) is 0. The second kappa shape index (κ2) is 13.3. The molecule has 0 aromatic rings. The van der Waals surface area contributed by atoms with E-state index in [2.05, 4.69) is 19.6 Å². The van der Waals surface area contributed by atoms with Crippen molar-refractivity contribution < 1.29 is 30.4 Å². The van der Waals surface area contributed by atoms with Gasteiger partial charge in [-0.15, -0.1) is 0 Å². The molecule has 0 aliphatic heterocycles. The van der Waals surface area contributed by atoms with Gasteiger partial charge in [-0.3, -0.25) is 0 Å². The van der Waals surface area contributed by atoms with E-state index in [-0.39, 0.29) is 26.1 Å². The van der Waals surface area contributed by atoms with Gasteiger partial charge in [-0.05, 0) is 58.3 Å². The zero-order chi connectivity index (χ0) is 20.3. The van der Waals surface area contributed by atoms with Crippen LogP contribution in [0, 0.1) is 0 Å². The fraction of sp³-hybridized carbons (Fsp3) is 1.00. The fourth-order valence-corrected chi connectivity index (χ4v) is 19.6. The summed E-state index contributed by atoms with van der Waals surface area (Å²) in [6.45, 7) is 17.7. The van der Waals surface area contributed by atoms with Crippen molar-refractivity contribution >= 4 is 54.5 Å². The lowest BCUT2D eigenvalue weighted by atomic mass is 10.5. The maximum absolute atomic E-state index is 8.73. The Morgan fingerprint density at radius 2 is 1.54 bits per heavy atom. The molecule has 3 radical (unpaired) electrons. The normalized spacial score (nSPS) is 15.5. The molecule has 0 aromatic heterocycles. The van der Waals surface area contributed by atoms with E-state index in [9.17, 15) is 0 Å². The molecule has 0 amide bonds. The van der Waals surface area contributed by atoms with Crippen LogP contribution >= 0.6 is 0 Å². The summed E-state index contributed by atoms with van der Waals surface area (Å²) >= 11 is 0. The van der Waals surface area contributed by atoms with Crippen molar-refractivity contribution in [2.75, 3.05) is 19.8 Å². The Morgan fingerprint density at radius 3 is 2.08 bits per heavy atom. The third-order valence-corrected chi connectivity index (χ3v) is 20.1. The number of ether oxygens (including phenoxy) is 1. The quantitative estimate of drug-likeness (QED) is 0.271. The number of hydrogen-bond donors (Lipinski definition) is 1. The van der Waals surface area contributed by atoms with E-state index in [1.165, 1.54) is 0 Å². The highest BCUT2D eigenvalue weighted by Gasteiger charge is 2.44. The summed E-state index contributed by atoms with van der Waals surface area (Å²) in [6, 6.07) is 0.991. The summed E-state index contributed by atoms with van der Waals surface area (Å²) in [5.74, 6) is 0. The van der Waals surface area contributed by atoms with Gasteiger partial charge in [-0.1, -0.05) is 0 Å². The molecule has 0 aromatic carbocycles. The van der Waals surface area contributed by atoms with Gasteiger partial charge in [-0.25, -0.2) is 0 Å². The van der Waals surface area contributed by atoms with Crippen molar-refractivity contribution in [1.82, 2.24) is 0 Å². The highest BCUT2D eigenvalue weighted by molar-refractivity contribution is 6.84. The second-order valence-corrected chi connectivity index (χ2v) is 21.8. The Labute approximate surface area is 169 Å². The van der Waals surface area contributed by atoms with E-state index in [1.54, 1.807) is 0 Å². The van der Waals surface area contributed by atoms with E-state index in [4.69, 9.17) is 30.4 Å². The summed E-state index contributed by atoms with van der Waals surface area (Å²) in [6.07, 6.45) is 0.933. The van der Waals surface area contributed by atoms with Crippen LogP contribution in [0.3, 0.4) is 0 Å². The lowest BCUT2D eigenvalue weighted by Crippen LogP contribution is -2.56. The molecular formula is C13H37O7Si6. The van der Waals surface area contributed by atoms with Gasteiger partial charge in [-0.2, -0.15) is 0 Å². The smallest absolute Gasteiger partial charge is 0.439 e. The van der Waals surface area contributed by atoms with E-state index < -0.39 is 35.0 Å². The maximum atomic E-state index is 8.73. The molecule has 7 nitrogen and oxygen atoms in total. The first kappa shape index (κ1) is 27.0. The Hall–Kier alpha value is 1.02. The van der Waals surface area contributed by atoms with Crippen molar-refractivity contribution in [3.8, 4) is 0 Å². The van der Waals surface area contributed by atoms with E-state index in [1.807, 2.05) is 32.7 Å². The predicted octanol–water partition coefficient (Wildman–Crippen LogP) is 1.86. The Bertz CT molecular complexity index is 377. The van der Waals surface area contributed by atoms with Gasteiger partial charge in [0, 0.05) is 13.2 Å². The van der Waals surface area contributed by atoms with Gasteiger partial charge in [0.25, 0.3) is 0 Å². The second-order valence-electron chi connectivity index (χ2n) is 6.97. The topological polar surface area (TPSA) is 75.6 Å². The van der Waals surface area contributed by atoms with Crippen LogP contribution in [0.1, 0.15) is 6.42 Å². The number of aliphatic hydroxyl groups excluding tert-OH is 1. The van der Waals surface area contributed by atoms with E-state index in [0.717, 1.165) is 12.5 Å². The predicted molar refractivity (Wildman–Crippen MR) is 117 cm³/mol. The number of rotatable bonds is 16. The first-order chi connectivity index (χ1) is 12.0. The molecule has 0 aliphatic rings. The average Bonchev–Trinajstić information content (AvgIpc) is 2.44. The van der Waals surface area contributed by atoms with Crippen LogP contribution in [0.25, 0.3) is 0 Å². The molecule has 26 heavy (non-hydrogen) atoms. The summed E-state index contributed by atoms with van der Waals surface area (Å²) in [7, 11) is -8.56. The van der Waals surface area contributed by atoms with Crippen LogP contribution in [0.5, 0.6) is 0 Å². The highest BCUT2D eigenvalue weighted by Crippen LogP contribution is 2.21. The first-order valence-corrected chi connectivity index (χ1v) is 22.2. The van der Waals surface area contributed by atoms with Gasteiger partial charge < -0.3 is 30.4 Å². The third-order valence-electron chi connectivity index (χ3n) is 3.22. The minimum absolute atomic E-state index is 0.0682. The molecule has 0 aliphatic carbocycles. The molecule has 0 unspecified atom stereocenters. The molecule has 1 N–H and O–H groups in total. The van der Waals surface area contributed by atoms with Crippen molar-refractivity contribution in [1.29, 1.82) is 0 Å². The monoisotopic (exact) mass is 473 g/mol. The van der Waals surface area contributed by atoms with Crippen LogP contribution in [-0.2, 0) is 25.3 Å². The minimum atomic E-state index is -2.76. The lowest BCUT2D eigenvalue weighted by molar-refractivity contribution is 0.0923. The Morgan fingerprint density at radius 1 is 0.923 bits per heavy atom. The summed E-state index contributed by atoms with van der Waals surface area (Å²) < 4.78 is 36.1. The molecule has 155 valence electrons. The van der Waals surface area contributed by atoms with Crippen LogP contribution in [-0.4, -0.2) is 79.4 Å². The van der Waals surface area contributed by atoms with Crippen molar-refractivity contribution in [2.24, 2.45) is 0 Å². The molecule has 0 bridgehead atoms. The first-order valence-electron chi connectivity index (χ1n) is 9.01. The van der Waals surface area contributed by atoms with Gasteiger partial charge >= 0.3 is 26.6 Å². The summed E-state index contributed by atoms with van der Waals surface area (Å²) in [5.41, 5.74) is 0. The largest absolute Gasteiger partial charge is 0.469 e. The minimum Gasteiger partial charge on any atom is -0.439 e. The maximum Gasteiger partial charge on any atom is 0.469 e. The van der Waals surface area contributed by atoms with Crippen LogP contribution < -0.4 is 0 Å². The van der Waals surface area contributed by atoms with E-state index in [0.29, 0.717) is 13.2 Å². The van der Waals surface area contributed by atoms with Gasteiger partial charge in [0.1, 0.15) is 0 Å². The standard InChI is InChI=1S/C13H37O7Si6/c1-21-16-25(6,7)20-26(8,17-22-2)19-23(3)18-24(4,5)13-9-11-15-12-10-14/h14,21-22H,9-13H2,1-8H3/t26-/m0/s1.